The average Bonchev–Trinajstić information content (AvgIpc) is 3.99. The van der Waals surface area contributed by atoms with E-state index in [0.717, 1.165) is 73.0 Å². The predicted octanol–water partition coefficient (Wildman–Crippen LogP) is 15.7. The van der Waals surface area contributed by atoms with E-state index in [2.05, 4.69) is 193 Å². The zero-order valence-corrected chi connectivity index (χ0v) is 34.7. The van der Waals surface area contributed by atoms with Gasteiger partial charge in [-0.05, 0) is 76.5 Å². The summed E-state index contributed by atoms with van der Waals surface area (Å²) in [4.78, 5) is 11.4. The molecule has 1 unspecified atom stereocenters. The van der Waals surface area contributed by atoms with E-state index in [1.807, 2.05) is 17.4 Å². The van der Waals surface area contributed by atoms with Crippen LogP contribution in [-0.4, -0.2) is 16.1 Å². The minimum absolute atomic E-state index is 0.0877. The van der Waals surface area contributed by atoms with Crippen molar-refractivity contribution in [3.05, 3.63) is 205 Å². The maximum Gasteiger partial charge on any atom is 0.160 e. The number of aromatic nitrogens is 1. The molecule has 0 saturated carbocycles. The number of allylic oxidation sites excluding steroid dienone is 1. The van der Waals surface area contributed by atoms with E-state index >= 15 is 0 Å². The summed E-state index contributed by atoms with van der Waals surface area (Å²) in [7, 11) is 0. The minimum atomic E-state index is 0.0877. The first kappa shape index (κ1) is 35.2. The number of thiophene rings is 1. The molecule has 1 atom stereocenters. The second-order valence-corrected chi connectivity index (χ2v) is 17.6. The summed E-state index contributed by atoms with van der Waals surface area (Å²) < 4.78 is 11.9. The Hall–Kier alpha value is -7.60. The molecule has 0 bridgehead atoms. The number of hydrogen-bond donors (Lipinski definition) is 0. The summed E-state index contributed by atoms with van der Waals surface area (Å²) in [5, 5.41) is 11.8. The van der Waals surface area contributed by atoms with Gasteiger partial charge in [-0.1, -0.05) is 146 Å². The van der Waals surface area contributed by atoms with Crippen molar-refractivity contribution < 1.29 is 4.42 Å². The van der Waals surface area contributed by atoms with Gasteiger partial charge in [-0.3, -0.25) is 0 Å². The molecule has 3 aromatic heterocycles. The van der Waals surface area contributed by atoms with Crippen LogP contribution in [0.1, 0.15) is 30.0 Å². The molecule has 0 saturated heterocycles. The van der Waals surface area contributed by atoms with Crippen molar-refractivity contribution in [1.82, 2.24) is 4.57 Å². The van der Waals surface area contributed by atoms with E-state index in [9.17, 15) is 0 Å². The Labute approximate surface area is 361 Å². The maximum atomic E-state index is 6.98. The van der Waals surface area contributed by atoms with Crippen molar-refractivity contribution in [3.8, 4) is 5.69 Å². The zero-order chi connectivity index (χ0) is 40.9. The van der Waals surface area contributed by atoms with E-state index in [4.69, 9.17) is 14.4 Å². The van der Waals surface area contributed by atoms with Crippen molar-refractivity contribution in [2.75, 3.05) is 0 Å². The quantitative estimate of drug-likeness (QED) is 0.175. The van der Waals surface area contributed by atoms with Crippen LogP contribution in [0.4, 0.5) is 0 Å². The molecule has 0 radical (unpaired) electrons. The Bertz CT molecular complexity index is 3930. The maximum absolute atomic E-state index is 6.98. The molecule has 1 aliphatic heterocycles. The topological polar surface area (TPSA) is 42.8 Å². The number of amidine groups is 1. The van der Waals surface area contributed by atoms with Crippen molar-refractivity contribution in [3.63, 3.8) is 0 Å². The molecule has 4 heterocycles. The number of benzene rings is 9. The summed E-state index contributed by atoms with van der Waals surface area (Å²) in [5.41, 5.74) is 9.94. The molecule has 0 fully saturated rings. The second-order valence-electron chi connectivity index (χ2n) is 16.5. The number of fused-ring (bicyclic) bond motifs is 11. The van der Waals surface area contributed by atoms with Crippen LogP contribution in [0.15, 0.2) is 202 Å². The molecular weight excluding hydrogens is 775 g/mol. The number of hydrogen-bond acceptors (Lipinski definition) is 4. The third-order valence-corrected chi connectivity index (χ3v) is 14.1. The van der Waals surface area contributed by atoms with Gasteiger partial charge < -0.3 is 8.98 Å². The summed E-state index contributed by atoms with van der Waals surface area (Å²) >= 11 is 1.85. The van der Waals surface area contributed by atoms with Crippen LogP contribution >= 0.6 is 11.3 Å². The Morgan fingerprint density at radius 2 is 1.24 bits per heavy atom. The summed E-state index contributed by atoms with van der Waals surface area (Å²) in [5.74, 6) is 0.773. The Morgan fingerprint density at radius 3 is 2.11 bits per heavy atom. The van der Waals surface area contributed by atoms with Crippen molar-refractivity contribution in [2.24, 2.45) is 15.9 Å². The number of aliphatic imine (C=N–C) groups is 2. The summed E-state index contributed by atoms with van der Waals surface area (Å²) in [6.45, 7) is 2.31. The lowest BCUT2D eigenvalue weighted by atomic mass is 9.92. The van der Waals surface area contributed by atoms with Crippen LogP contribution in [0.2, 0.25) is 0 Å². The molecule has 292 valence electrons. The van der Waals surface area contributed by atoms with Gasteiger partial charge in [0.2, 0.25) is 0 Å². The van der Waals surface area contributed by atoms with Crippen LogP contribution in [0.25, 0.3) is 96.8 Å². The van der Waals surface area contributed by atoms with Crippen molar-refractivity contribution in [2.45, 2.75) is 13.3 Å². The molecule has 62 heavy (non-hydrogen) atoms. The standard InChI is InChI=1S/C57H37N3OS/c1-34-25-30-48(58-57(39-27-26-35-13-2-3-14-36(35)31-39)59-53(34)46-21-12-20-44-42-19-8-11-24-52(42)62-56(44)46)45-29-28-43-41-18-7-10-23-51(41)61-55(43)54(45)60-49-22-9-6-17-40(49)47-32-37-15-4-5-16-38(37)33-50(47)60/h2-24,26-34H,25H2,1H3/b48-30+,58-57?,59-53?. The van der Waals surface area contributed by atoms with Gasteiger partial charge in [0.25, 0.3) is 0 Å². The van der Waals surface area contributed by atoms with Gasteiger partial charge in [0.05, 0.1) is 28.1 Å². The monoisotopic (exact) mass is 811 g/mol. The van der Waals surface area contributed by atoms with Crippen LogP contribution in [0.3, 0.4) is 0 Å². The average molecular weight is 812 g/mol. The van der Waals surface area contributed by atoms with Crippen LogP contribution < -0.4 is 0 Å². The first-order chi connectivity index (χ1) is 30.6. The number of nitrogens with zero attached hydrogens (tertiary/aromatic N) is 3. The van der Waals surface area contributed by atoms with E-state index in [0.29, 0.717) is 5.84 Å². The highest BCUT2D eigenvalue weighted by molar-refractivity contribution is 7.26. The molecule has 9 aromatic carbocycles. The van der Waals surface area contributed by atoms with Gasteiger partial charge in [-0.2, -0.15) is 0 Å². The van der Waals surface area contributed by atoms with Gasteiger partial charge >= 0.3 is 0 Å². The lowest BCUT2D eigenvalue weighted by molar-refractivity contribution is 0.666. The first-order valence-electron chi connectivity index (χ1n) is 21.3. The molecule has 5 heteroatoms. The van der Waals surface area contributed by atoms with Crippen molar-refractivity contribution in [1.29, 1.82) is 0 Å². The summed E-state index contributed by atoms with van der Waals surface area (Å²) in [6, 6.07) is 65.4. The molecule has 12 aromatic rings. The lowest BCUT2D eigenvalue weighted by Crippen LogP contribution is -2.17. The fraction of sp³-hybridized carbons (Fsp3) is 0.0526. The molecule has 1 aliphatic rings. The predicted molar refractivity (Wildman–Crippen MR) is 264 cm³/mol. The smallest absolute Gasteiger partial charge is 0.160 e. The highest BCUT2D eigenvalue weighted by Gasteiger charge is 2.26. The van der Waals surface area contributed by atoms with Gasteiger partial charge in [0.1, 0.15) is 5.58 Å². The number of rotatable bonds is 4. The number of furan rings is 1. The largest absolute Gasteiger partial charge is 0.454 e. The number of para-hydroxylation sites is 2. The van der Waals surface area contributed by atoms with E-state index in [1.54, 1.807) is 0 Å². The SMILES string of the molecule is CC1C/C=C(\c2ccc3c(oc4ccccc43)c2-n2c3ccccc3c3cc4ccccc4cc32)N=C(c2ccc3ccccc3c2)N=C1c1cccc2c1sc1ccccc12. The lowest BCUT2D eigenvalue weighted by Gasteiger charge is -2.20. The second kappa shape index (κ2) is 13.7. The fourth-order valence-corrected chi connectivity index (χ4v) is 11.0. The third kappa shape index (κ3) is 5.38. The van der Waals surface area contributed by atoms with E-state index in [-0.39, 0.29) is 5.92 Å². The van der Waals surface area contributed by atoms with Gasteiger partial charge in [0, 0.05) is 64.3 Å². The molecule has 0 N–H and O–H groups in total. The van der Waals surface area contributed by atoms with E-state index < -0.39 is 0 Å². The van der Waals surface area contributed by atoms with Crippen LogP contribution in [0.5, 0.6) is 0 Å². The molecule has 0 aliphatic carbocycles. The Morgan fingerprint density at radius 1 is 0.532 bits per heavy atom. The Balaban J connectivity index is 1.11. The third-order valence-electron chi connectivity index (χ3n) is 12.8. The molecule has 13 rings (SSSR count). The van der Waals surface area contributed by atoms with Gasteiger partial charge in [-0.25, -0.2) is 9.98 Å². The molecule has 0 amide bonds. The fourth-order valence-electron chi connectivity index (χ4n) is 9.81. The van der Waals surface area contributed by atoms with Crippen LogP contribution in [-0.2, 0) is 0 Å². The zero-order valence-electron chi connectivity index (χ0n) is 33.8. The normalized spacial score (nSPS) is 15.8. The highest BCUT2D eigenvalue weighted by Crippen LogP contribution is 2.44. The molecular formula is C57H37N3OS. The van der Waals surface area contributed by atoms with Gasteiger partial charge in [-0.15, -0.1) is 11.3 Å². The van der Waals surface area contributed by atoms with Gasteiger partial charge in [0.15, 0.2) is 11.4 Å². The van der Waals surface area contributed by atoms with Crippen molar-refractivity contribution >= 4 is 114 Å². The van der Waals surface area contributed by atoms with Crippen LogP contribution in [0, 0.1) is 5.92 Å². The minimum Gasteiger partial charge on any atom is -0.454 e. The molecule has 0 spiro atoms. The molecule has 4 nitrogen and oxygen atoms in total. The Kier molecular flexibility index (Phi) is 7.78. The summed E-state index contributed by atoms with van der Waals surface area (Å²) in [6.07, 6.45) is 3.08. The van der Waals surface area contributed by atoms with E-state index in [1.165, 1.54) is 52.7 Å². The highest BCUT2D eigenvalue weighted by atomic mass is 32.1. The first-order valence-corrected chi connectivity index (χ1v) is 22.1.